The SMILES string of the molecule is CCCCC1=C(C(=O)OCC)C(c2cc(Br)c(OCCC)c(OCC)c2)NC(=O)N1. The lowest BCUT2D eigenvalue weighted by molar-refractivity contribution is -0.139. The maximum atomic E-state index is 12.8. The summed E-state index contributed by atoms with van der Waals surface area (Å²) in [6.45, 7) is 9.01. The maximum Gasteiger partial charge on any atom is 0.338 e. The topological polar surface area (TPSA) is 85.9 Å². The van der Waals surface area contributed by atoms with Crippen LogP contribution in [0.1, 0.15) is 65.0 Å². The number of carbonyl (C=O) groups is 2. The number of hydrogen-bond acceptors (Lipinski definition) is 5. The number of esters is 1. The van der Waals surface area contributed by atoms with Crippen molar-refractivity contribution < 1.29 is 23.8 Å². The summed E-state index contributed by atoms with van der Waals surface area (Å²) in [5.41, 5.74) is 1.73. The summed E-state index contributed by atoms with van der Waals surface area (Å²) in [5, 5.41) is 5.66. The fourth-order valence-electron chi connectivity index (χ4n) is 3.23. The molecule has 0 aromatic heterocycles. The average Bonchev–Trinajstić information content (AvgIpc) is 2.71. The van der Waals surface area contributed by atoms with Gasteiger partial charge in [0.1, 0.15) is 0 Å². The Labute approximate surface area is 186 Å². The quantitative estimate of drug-likeness (QED) is 0.433. The molecule has 1 atom stereocenters. The standard InChI is InChI=1S/C22H31BrN2O5/c1-5-9-10-16-18(21(26)29-8-4)19(25-22(27)24-16)14-12-15(23)20(30-11-6-2)17(13-14)28-7-3/h12-13,19H,5-11H2,1-4H3,(H2,24,25,27). The van der Waals surface area contributed by atoms with Gasteiger partial charge in [-0.2, -0.15) is 0 Å². The summed E-state index contributed by atoms with van der Waals surface area (Å²) in [7, 11) is 0. The van der Waals surface area contributed by atoms with Crippen LogP contribution in [0.5, 0.6) is 11.5 Å². The van der Waals surface area contributed by atoms with Crippen molar-refractivity contribution in [1.82, 2.24) is 10.6 Å². The van der Waals surface area contributed by atoms with E-state index in [9.17, 15) is 9.59 Å². The molecule has 0 aliphatic carbocycles. The van der Waals surface area contributed by atoms with Gasteiger partial charge in [0.2, 0.25) is 0 Å². The molecule has 0 radical (unpaired) electrons. The molecule has 0 spiro atoms. The van der Waals surface area contributed by atoms with Crippen LogP contribution in [0.3, 0.4) is 0 Å². The number of urea groups is 1. The van der Waals surface area contributed by atoms with Crippen molar-refractivity contribution in [3.8, 4) is 11.5 Å². The lowest BCUT2D eigenvalue weighted by Crippen LogP contribution is -2.46. The average molecular weight is 483 g/mol. The second-order valence-electron chi connectivity index (χ2n) is 6.86. The number of amides is 2. The Morgan fingerprint density at radius 2 is 1.87 bits per heavy atom. The zero-order valence-electron chi connectivity index (χ0n) is 18.1. The summed E-state index contributed by atoms with van der Waals surface area (Å²) in [6, 6.07) is 2.66. The van der Waals surface area contributed by atoms with Crippen molar-refractivity contribution in [2.45, 2.75) is 59.4 Å². The minimum absolute atomic E-state index is 0.252. The highest BCUT2D eigenvalue weighted by Gasteiger charge is 2.34. The second kappa shape index (κ2) is 11.8. The maximum absolute atomic E-state index is 12.8. The van der Waals surface area contributed by atoms with Gasteiger partial charge in [0.05, 0.1) is 35.9 Å². The summed E-state index contributed by atoms with van der Waals surface area (Å²) in [4.78, 5) is 25.2. The molecule has 166 valence electrons. The first kappa shape index (κ1) is 24.1. The van der Waals surface area contributed by atoms with Gasteiger partial charge in [-0.3, -0.25) is 0 Å². The van der Waals surface area contributed by atoms with Crippen LogP contribution in [-0.4, -0.2) is 31.8 Å². The Kier molecular flexibility index (Phi) is 9.49. The van der Waals surface area contributed by atoms with Crippen LogP contribution in [0.25, 0.3) is 0 Å². The molecule has 7 nitrogen and oxygen atoms in total. The van der Waals surface area contributed by atoms with Gasteiger partial charge in [0.15, 0.2) is 11.5 Å². The molecule has 1 aromatic carbocycles. The molecule has 1 heterocycles. The summed E-state index contributed by atoms with van der Waals surface area (Å²) in [6.07, 6.45) is 3.24. The molecule has 2 rings (SSSR count). The van der Waals surface area contributed by atoms with Gasteiger partial charge in [0.25, 0.3) is 0 Å². The lowest BCUT2D eigenvalue weighted by Gasteiger charge is -2.30. The Balaban J connectivity index is 2.56. The lowest BCUT2D eigenvalue weighted by atomic mass is 9.93. The largest absolute Gasteiger partial charge is 0.490 e. The molecule has 1 aromatic rings. The van der Waals surface area contributed by atoms with E-state index in [1.807, 2.05) is 26.0 Å². The van der Waals surface area contributed by atoms with E-state index in [1.165, 1.54) is 0 Å². The highest BCUT2D eigenvalue weighted by Crippen LogP contribution is 2.41. The van der Waals surface area contributed by atoms with Crippen molar-refractivity contribution in [3.05, 3.63) is 33.4 Å². The van der Waals surface area contributed by atoms with Crippen LogP contribution in [-0.2, 0) is 9.53 Å². The molecule has 8 heteroatoms. The van der Waals surface area contributed by atoms with E-state index in [1.54, 1.807) is 6.92 Å². The van der Waals surface area contributed by atoms with E-state index in [0.29, 0.717) is 52.4 Å². The van der Waals surface area contributed by atoms with Crippen molar-refractivity contribution in [3.63, 3.8) is 0 Å². The predicted octanol–water partition coefficient (Wildman–Crippen LogP) is 5.00. The highest BCUT2D eigenvalue weighted by atomic mass is 79.9. The van der Waals surface area contributed by atoms with Crippen LogP contribution in [0.15, 0.2) is 27.9 Å². The van der Waals surface area contributed by atoms with Gasteiger partial charge in [-0.05, 0) is 66.7 Å². The minimum Gasteiger partial charge on any atom is -0.490 e. The number of ether oxygens (including phenoxy) is 3. The first-order valence-electron chi connectivity index (χ1n) is 10.5. The van der Waals surface area contributed by atoms with E-state index in [0.717, 1.165) is 19.3 Å². The van der Waals surface area contributed by atoms with E-state index < -0.39 is 12.0 Å². The Morgan fingerprint density at radius 3 is 2.50 bits per heavy atom. The number of rotatable bonds is 11. The van der Waals surface area contributed by atoms with E-state index in [-0.39, 0.29) is 12.6 Å². The molecular weight excluding hydrogens is 452 g/mol. The molecule has 2 amide bonds. The molecule has 0 saturated heterocycles. The normalized spacial score (nSPS) is 16.0. The second-order valence-corrected chi connectivity index (χ2v) is 7.71. The number of allylic oxidation sites excluding steroid dienone is 1. The number of unbranched alkanes of at least 4 members (excludes halogenated alkanes) is 1. The highest BCUT2D eigenvalue weighted by molar-refractivity contribution is 9.10. The van der Waals surface area contributed by atoms with E-state index in [4.69, 9.17) is 14.2 Å². The smallest absolute Gasteiger partial charge is 0.338 e. The molecule has 0 bridgehead atoms. The van der Waals surface area contributed by atoms with E-state index >= 15 is 0 Å². The molecule has 1 unspecified atom stereocenters. The fourth-order valence-corrected chi connectivity index (χ4v) is 3.80. The predicted molar refractivity (Wildman–Crippen MR) is 119 cm³/mol. The van der Waals surface area contributed by atoms with Gasteiger partial charge < -0.3 is 24.8 Å². The molecule has 2 N–H and O–H groups in total. The molecular formula is C22H31BrN2O5. The summed E-state index contributed by atoms with van der Waals surface area (Å²) < 4.78 is 17.6. The van der Waals surface area contributed by atoms with Crippen molar-refractivity contribution in [2.24, 2.45) is 0 Å². The molecule has 1 aliphatic rings. The van der Waals surface area contributed by atoms with Crippen LogP contribution >= 0.6 is 15.9 Å². The Morgan fingerprint density at radius 1 is 1.10 bits per heavy atom. The fraction of sp³-hybridized carbons (Fsp3) is 0.545. The van der Waals surface area contributed by atoms with Gasteiger partial charge in [-0.25, -0.2) is 9.59 Å². The van der Waals surface area contributed by atoms with Crippen LogP contribution in [0.4, 0.5) is 4.79 Å². The third-order valence-corrected chi connectivity index (χ3v) is 5.13. The van der Waals surface area contributed by atoms with Crippen molar-refractivity contribution in [2.75, 3.05) is 19.8 Å². The number of nitrogens with one attached hydrogen (secondary N) is 2. The molecule has 0 saturated carbocycles. The van der Waals surface area contributed by atoms with Crippen LogP contribution in [0, 0.1) is 0 Å². The van der Waals surface area contributed by atoms with Crippen molar-refractivity contribution >= 4 is 27.9 Å². The Hall–Kier alpha value is -2.22. The van der Waals surface area contributed by atoms with E-state index in [2.05, 4.69) is 33.5 Å². The van der Waals surface area contributed by atoms with Gasteiger partial charge >= 0.3 is 12.0 Å². The van der Waals surface area contributed by atoms with Crippen LogP contribution < -0.4 is 20.1 Å². The number of carbonyl (C=O) groups excluding carboxylic acids is 2. The summed E-state index contributed by atoms with van der Waals surface area (Å²) >= 11 is 3.56. The van der Waals surface area contributed by atoms with Gasteiger partial charge in [0, 0.05) is 5.70 Å². The minimum atomic E-state index is -0.652. The first-order chi connectivity index (χ1) is 14.5. The number of benzene rings is 1. The third-order valence-electron chi connectivity index (χ3n) is 4.54. The zero-order chi connectivity index (χ0) is 22.1. The van der Waals surface area contributed by atoms with Gasteiger partial charge in [-0.15, -0.1) is 0 Å². The number of hydrogen-bond donors (Lipinski definition) is 2. The third kappa shape index (κ3) is 5.90. The summed E-state index contributed by atoms with van der Waals surface area (Å²) in [5.74, 6) is 0.721. The first-order valence-corrected chi connectivity index (χ1v) is 11.3. The molecule has 30 heavy (non-hydrogen) atoms. The molecule has 1 aliphatic heterocycles. The number of halogens is 1. The van der Waals surface area contributed by atoms with Gasteiger partial charge in [-0.1, -0.05) is 20.3 Å². The monoisotopic (exact) mass is 482 g/mol. The molecule has 0 fully saturated rings. The zero-order valence-corrected chi connectivity index (χ0v) is 19.7. The van der Waals surface area contributed by atoms with Crippen LogP contribution in [0.2, 0.25) is 0 Å². The Bertz CT molecular complexity index is 794. The van der Waals surface area contributed by atoms with Crippen molar-refractivity contribution in [1.29, 1.82) is 0 Å².